The monoisotopic (exact) mass is 327 g/mol. The second-order valence-electron chi connectivity index (χ2n) is 5.57. The molecule has 3 rings (SSSR count). The molecule has 0 aromatic heterocycles. The summed E-state index contributed by atoms with van der Waals surface area (Å²) in [6.07, 6.45) is 1.89. The largest absolute Gasteiger partial charge is 0.353 e. The van der Waals surface area contributed by atoms with Gasteiger partial charge in [0.2, 0.25) is 11.8 Å². The van der Waals surface area contributed by atoms with Crippen molar-refractivity contribution in [2.75, 3.05) is 18.4 Å². The molecule has 1 saturated heterocycles. The van der Waals surface area contributed by atoms with Crippen LogP contribution in [0.25, 0.3) is 0 Å². The van der Waals surface area contributed by atoms with Crippen LogP contribution >= 0.6 is 12.4 Å². The van der Waals surface area contributed by atoms with E-state index in [9.17, 15) is 14.0 Å². The van der Waals surface area contributed by atoms with E-state index in [1.54, 1.807) is 6.07 Å². The van der Waals surface area contributed by atoms with Gasteiger partial charge in [0.15, 0.2) is 0 Å². The van der Waals surface area contributed by atoms with Crippen LogP contribution in [0.15, 0.2) is 18.2 Å². The van der Waals surface area contributed by atoms with E-state index in [0.717, 1.165) is 25.9 Å². The summed E-state index contributed by atoms with van der Waals surface area (Å²) in [6, 6.07) is 4.31. The first-order valence-corrected chi connectivity index (χ1v) is 7.24. The molecular formula is C15H19ClFN3O2. The lowest BCUT2D eigenvalue weighted by Crippen LogP contribution is -2.45. The minimum atomic E-state index is -0.538. The molecule has 5 nitrogen and oxygen atoms in total. The third kappa shape index (κ3) is 3.56. The Morgan fingerprint density at radius 1 is 1.27 bits per heavy atom. The van der Waals surface area contributed by atoms with Gasteiger partial charge in [-0.2, -0.15) is 0 Å². The fraction of sp³-hybridized carbons (Fsp3) is 0.467. The van der Waals surface area contributed by atoms with E-state index in [4.69, 9.17) is 0 Å². The number of hydrogen-bond donors (Lipinski definition) is 3. The Balaban J connectivity index is 0.00000176. The predicted molar refractivity (Wildman–Crippen MR) is 83.7 cm³/mol. The molecule has 2 aliphatic rings. The Morgan fingerprint density at radius 3 is 2.73 bits per heavy atom. The van der Waals surface area contributed by atoms with E-state index in [0.29, 0.717) is 11.3 Å². The van der Waals surface area contributed by atoms with E-state index in [1.165, 1.54) is 12.1 Å². The maximum atomic E-state index is 13.3. The molecule has 1 unspecified atom stereocenters. The van der Waals surface area contributed by atoms with Crippen molar-refractivity contribution in [1.29, 1.82) is 0 Å². The summed E-state index contributed by atoms with van der Waals surface area (Å²) in [5.74, 6) is -1.36. The molecular weight excluding hydrogens is 309 g/mol. The van der Waals surface area contributed by atoms with Gasteiger partial charge in [-0.25, -0.2) is 4.39 Å². The van der Waals surface area contributed by atoms with Gasteiger partial charge in [-0.15, -0.1) is 12.4 Å². The number of carbonyl (C=O) groups excluding carboxylic acids is 2. The molecule has 3 N–H and O–H groups in total. The molecule has 0 spiro atoms. The van der Waals surface area contributed by atoms with Crippen LogP contribution in [0, 0.1) is 5.82 Å². The minimum absolute atomic E-state index is 0. The molecule has 2 amide bonds. The maximum absolute atomic E-state index is 13.3. The third-order valence-electron chi connectivity index (χ3n) is 4.06. The lowest BCUT2D eigenvalue weighted by atomic mass is 9.89. The second-order valence-corrected chi connectivity index (χ2v) is 5.57. The van der Waals surface area contributed by atoms with Gasteiger partial charge in [0.1, 0.15) is 5.82 Å². The lowest BCUT2D eigenvalue weighted by Gasteiger charge is -2.29. The van der Waals surface area contributed by atoms with Crippen molar-refractivity contribution in [2.24, 2.45) is 0 Å². The number of nitrogens with one attached hydrogen (secondary N) is 3. The summed E-state index contributed by atoms with van der Waals surface area (Å²) in [6.45, 7) is 1.77. The highest BCUT2D eigenvalue weighted by atomic mass is 35.5. The van der Waals surface area contributed by atoms with Crippen LogP contribution in [-0.4, -0.2) is 30.9 Å². The van der Waals surface area contributed by atoms with E-state index >= 15 is 0 Å². The number of halogens is 2. The molecule has 0 saturated carbocycles. The Hall–Kier alpha value is -1.66. The summed E-state index contributed by atoms with van der Waals surface area (Å²) in [7, 11) is 0. The van der Waals surface area contributed by atoms with Crippen LogP contribution in [0.2, 0.25) is 0 Å². The highest BCUT2D eigenvalue weighted by Gasteiger charge is 2.32. The van der Waals surface area contributed by atoms with Gasteiger partial charge < -0.3 is 16.0 Å². The van der Waals surface area contributed by atoms with Crippen molar-refractivity contribution in [2.45, 2.75) is 31.2 Å². The van der Waals surface area contributed by atoms with Crippen molar-refractivity contribution in [3.8, 4) is 0 Å². The zero-order chi connectivity index (χ0) is 14.8. The molecule has 0 bridgehead atoms. The molecule has 1 aromatic rings. The van der Waals surface area contributed by atoms with Gasteiger partial charge in [0.05, 0.1) is 5.92 Å². The molecule has 1 fully saturated rings. The lowest BCUT2D eigenvalue weighted by molar-refractivity contribution is -0.127. The van der Waals surface area contributed by atoms with Crippen LogP contribution in [0.4, 0.5) is 10.1 Å². The van der Waals surface area contributed by atoms with Crippen LogP contribution in [0.5, 0.6) is 0 Å². The van der Waals surface area contributed by atoms with Crippen molar-refractivity contribution < 1.29 is 14.0 Å². The first-order chi connectivity index (χ1) is 10.1. The number of anilines is 1. The second kappa shape index (κ2) is 7.07. The molecule has 22 heavy (non-hydrogen) atoms. The number of hydrogen-bond acceptors (Lipinski definition) is 3. The molecule has 7 heteroatoms. The van der Waals surface area contributed by atoms with Crippen LogP contribution in [0.1, 0.15) is 30.7 Å². The Bertz CT molecular complexity index is 576. The predicted octanol–water partition coefficient (Wildman–Crippen LogP) is 1.54. The Labute approximate surface area is 134 Å². The average Bonchev–Trinajstić information content (AvgIpc) is 2.47. The highest BCUT2D eigenvalue weighted by molar-refractivity contribution is 6.01. The summed E-state index contributed by atoms with van der Waals surface area (Å²) in [5, 5.41) is 8.87. The SMILES string of the molecule is Cl.O=C1CC(C(=O)NC2CCNCC2)c2ccc(F)cc2N1. The summed E-state index contributed by atoms with van der Waals surface area (Å²) >= 11 is 0. The first-order valence-electron chi connectivity index (χ1n) is 7.24. The Kier molecular flexibility index (Phi) is 5.37. The molecule has 0 aliphatic carbocycles. The number of carbonyl (C=O) groups is 2. The highest BCUT2D eigenvalue weighted by Crippen LogP contribution is 2.33. The number of amides is 2. The zero-order valence-corrected chi connectivity index (χ0v) is 12.8. The number of fused-ring (bicyclic) bond motifs is 1. The summed E-state index contributed by atoms with van der Waals surface area (Å²) in [4.78, 5) is 24.2. The number of rotatable bonds is 2. The average molecular weight is 328 g/mol. The van der Waals surface area contributed by atoms with Crippen molar-refractivity contribution in [3.63, 3.8) is 0 Å². The van der Waals surface area contributed by atoms with Gasteiger partial charge >= 0.3 is 0 Å². The minimum Gasteiger partial charge on any atom is -0.353 e. The molecule has 1 aromatic carbocycles. The quantitative estimate of drug-likeness (QED) is 0.771. The van der Waals surface area contributed by atoms with Gasteiger partial charge in [-0.1, -0.05) is 6.07 Å². The van der Waals surface area contributed by atoms with Crippen LogP contribution < -0.4 is 16.0 Å². The van der Waals surface area contributed by atoms with E-state index in [-0.39, 0.29) is 36.7 Å². The smallest absolute Gasteiger partial charge is 0.228 e. The molecule has 120 valence electrons. The van der Waals surface area contributed by atoms with Gasteiger partial charge in [-0.3, -0.25) is 9.59 Å². The van der Waals surface area contributed by atoms with E-state index < -0.39 is 11.7 Å². The van der Waals surface area contributed by atoms with E-state index in [1.807, 2.05) is 0 Å². The van der Waals surface area contributed by atoms with Gasteiger partial charge in [0, 0.05) is 18.2 Å². The normalized spacial score (nSPS) is 21.3. The van der Waals surface area contributed by atoms with E-state index in [2.05, 4.69) is 16.0 Å². The molecule has 1 atom stereocenters. The van der Waals surface area contributed by atoms with Gasteiger partial charge in [-0.05, 0) is 43.6 Å². The summed E-state index contributed by atoms with van der Waals surface area (Å²) in [5.41, 5.74) is 1.08. The first kappa shape index (κ1) is 16.7. The van der Waals surface area contributed by atoms with Crippen molar-refractivity contribution in [1.82, 2.24) is 10.6 Å². The number of benzene rings is 1. The molecule has 2 heterocycles. The number of piperidine rings is 1. The summed E-state index contributed by atoms with van der Waals surface area (Å²) < 4.78 is 13.3. The maximum Gasteiger partial charge on any atom is 0.228 e. The molecule has 0 radical (unpaired) electrons. The fourth-order valence-electron chi connectivity index (χ4n) is 2.94. The standard InChI is InChI=1S/C15H18FN3O2.ClH/c16-9-1-2-11-12(8-14(20)19-13(11)7-9)15(21)18-10-3-5-17-6-4-10;/h1-2,7,10,12,17H,3-6,8H2,(H,18,21)(H,19,20);1H. The van der Waals surface area contributed by atoms with Crippen molar-refractivity contribution >= 4 is 29.9 Å². The Morgan fingerprint density at radius 2 is 2.00 bits per heavy atom. The van der Waals surface area contributed by atoms with Gasteiger partial charge in [0.25, 0.3) is 0 Å². The zero-order valence-electron chi connectivity index (χ0n) is 12.0. The fourth-order valence-corrected chi connectivity index (χ4v) is 2.94. The van der Waals surface area contributed by atoms with Crippen LogP contribution in [0.3, 0.4) is 0 Å². The topological polar surface area (TPSA) is 70.2 Å². The van der Waals surface area contributed by atoms with Crippen LogP contribution in [-0.2, 0) is 9.59 Å². The molecule has 2 aliphatic heterocycles. The third-order valence-corrected chi connectivity index (χ3v) is 4.06. The van der Waals surface area contributed by atoms with Crippen molar-refractivity contribution in [3.05, 3.63) is 29.6 Å².